The quantitative estimate of drug-likeness (QED) is 0.372. The lowest BCUT2D eigenvalue weighted by atomic mass is 10.1. The van der Waals surface area contributed by atoms with Gasteiger partial charge in [-0.15, -0.1) is 0 Å². The predicted octanol–water partition coefficient (Wildman–Crippen LogP) is 6.80. The molecule has 1 nitrogen and oxygen atoms in total. The first-order valence-corrected chi connectivity index (χ1v) is 9.92. The summed E-state index contributed by atoms with van der Waals surface area (Å²) in [5.74, 6) is 1.27. The van der Waals surface area contributed by atoms with Gasteiger partial charge in [-0.1, -0.05) is 70.8 Å². The van der Waals surface area contributed by atoms with Gasteiger partial charge in [-0.05, 0) is 31.2 Å². The normalized spacial score (nSPS) is 12.5. The van der Waals surface area contributed by atoms with Crippen LogP contribution in [0.2, 0.25) is 0 Å². The molecular weight excluding hydrogens is 274 g/mol. The molecule has 2 heteroatoms. The van der Waals surface area contributed by atoms with Crippen molar-refractivity contribution in [1.82, 2.24) is 4.98 Å². The molecule has 0 aromatic carbocycles. The van der Waals surface area contributed by atoms with Crippen LogP contribution >= 0.6 is 11.8 Å². The van der Waals surface area contributed by atoms with E-state index in [2.05, 4.69) is 31.0 Å². The predicted molar refractivity (Wildman–Crippen MR) is 97.0 cm³/mol. The van der Waals surface area contributed by atoms with Gasteiger partial charge in [-0.3, -0.25) is 4.98 Å². The van der Waals surface area contributed by atoms with Crippen LogP contribution in [0.15, 0.2) is 24.4 Å². The number of aromatic nitrogens is 1. The molecule has 0 fully saturated rings. The maximum absolute atomic E-state index is 4.43. The minimum absolute atomic E-state index is 0.532. The average molecular weight is 308 g/mol. The third-order valence-corrected chi connectivity index (χ3v) is 5.24. The van der Waals surface area contributed by atoms with Crippen molar-refractivity contribution in [2.75, 3.05) is 5.75 Å². The molecular formula is C19H33NS. The molecule has 0 aliphatic heterocycles. The Kier molecular flexibility index (Phi) is 11.6. The van der Waals surface area contributed by atoms with Crippen molar-refractivity contribution < 1.29 is 0 Å². The Balaban J connectivity index is 1.86. The Labute approximate surface area is 136 Å². The van der Waals surface area contributed by atoms with Crippen molar-refractivity contribution >= 4 is 11.8 Å². The summed E-state index contributed by atoms with van der Waals surface area (Å²) in [6.07, 6.45) is 16.1. The van der Waals surface area contributed by atoms with E-state index in [-0.39, 0.29) is 0 Å². The monoisotopic (exact) mass is 307 g/mol. The topological polar surface area (TPSA) is 12.9 Å². The maximum Gasteiger partial charge on any atom is 0.0530 e. The van der Waals surface area contributed by atoms with E-state index in [1.165, 1.54) is 75.7 Å². The molecule has 1 aromatic heterocycles. The molecule has 1 rings (SSSR count). The molecule has 21 heavy (non-hydrogen) atoms. The van der Waals surface area contributed by atoms with Crippen molar-refractivity contribution in [3.05, 3.63) is 30.1 Å². The Hall–Kier alpha value is -0.500. The van der Waals surface area contributed by atoms with Crippen LogP contribution in [0.4, 0.5) is 0 Å². The highest BCUT2D eigenvalue weighted by atomic mass is 32.2. The number of rotatable bonds is 13. The van der Waals surface area contributed by atoms with Crippen molar-refractivity contribution in [1.29, 1.82) is 0 Å². The molecule has 1 atom stereocenters. The van der Waals surface area contributed by atoms with Crippen molar-refractivity contribution in [3.63, 3.8) is 0 Å². The highest BCUT2D eigenvalue weighted by Crippen LogP contribution is 2.27. The molecule has 0 amide bonds. The van der Waals surface area contributed by atoms with Gasteiger partial charge < -0.3 is 0 Å². The SMILES string of the molecule is CCCCCCCCCCCCS[C@H](C)c1ccccn1. The standard InChI is InChI=1S/C19H33NS/c1-3-4-5-6-7-8-9-10-11-14-17-21-18(2)19-15-12-13-16-20-19/h12-13,15-16,18H,3-11,14,17H2,1-2H3/t18-/m1/s1. The average Bonchev–Trinajstić information content (AvgIpc) is 2.53. The van der Waals surface area contributed by atoms with E-state index < -0.39 is 0 Å². The lowest BCUT2D eigenvalue weighted by Gasteiger charge is -2.10. The summed E-state index contributed by atoms with van der Waals surface area (Å²) in [7, 11) is 0. The smallest absolute Gasteiger partial charge is 0.0530 e. The van der Waals surface area contributed by atoms with E-state index in [1.54, 1.807) is 0 Å². The van der Waals surface area contributed by atoms with E-state index in [4.69, 9.17) is 0 Å². The zero-order valence-electron chi connectivity index (χ0n) is 14.0. The molecule has 1 heterocycles. The molecule has 0 aliphatic carbocycles. The van der Waals surface area contributed by atoms with Gasteiger partial charge in [0.2, 0.25) is 0 Å². The van der Waals surface area contributed by atoms with Crippen LogP contribution in [0.5, 0.6) is 0 Å². The van der Waals surface area contributed by atoms with E-state index in [0.29, 0.717) is 5.25 Å². The van der Waals surface area contributed by atoms with E-state index in [0.717, 1.165) is 0 Å². The molecule has 0 N–H and O–H groups in total. The van der Waals surface area contributed by atoms with Crippen LogP contribution in [0.3, 0.4) is 0 Å². The van der Waals surface area contributed by atoms with Gasteiger partial charge in [0, 0.05) is 11.4 Å². The van der Waals surface area contributed by atoms with Crippen molar-refractivity contribution in [2.45, 2.75) is 83.3 Å². The number of hydrogen-bond acceptors (Lipinski definition) is 2. The summed E-state index contributed by atoms with van der Waals surface area (Å²) in [6, 6.07) is 6.21. The van der Waals surface area contributed by atoms with E-state index >= 15 is 0 Å². The Morgan fingerprint density at radius 3 is 2.10 bits per heavy atom. The van der Waals surface area contributed by atoms with Gasteiger partial charge in [0.1, 0.15) is 0 Å². The third-order valence-electron chi connectivity index (χ3n) is 3.97. The minimum atomic E-state index is 0.532. The molecule has 0 unspecified atom stereocenters. The van der Waals surface area contributed by atoms with Gasteiger partial charge in [-0.2, -0.15) is 11.8 Å². The summed E-state index contributed by atoms with van der Waals surface area (Å²) in [5.41, 5.74) is 1.22. The Bertz CT molecular complexity index is 326. The Morgan fingerprint density at radius 2 is 1.52 bits per heavy atom. The molecule has 0 spiro atoms. The van der Waals surface area contributed by atoms with E-state index in [1.807, 2.05) is 24.0 Å². The molecule has 120 valence electrons. The zero-order valence-corrected chi connectivity index (χ0v) is 14.8. The summed E-state index contributed by atoms with van der Waals surface area (Å²) < 4.78 is 0. The van der Waals surface area contributed by atoms with Crippen LogP contribution in [0.25, 0.3) is 0 Å². The van der Waals surface area contributed by atoms with Crippen molar-refractivity contribution in [3.8, 4) is 0 Å². The first kappa shape index (κ1) is 18.5. The van der Waals surface area contributed by atoms with Crippen LogP contribution < -0.4 is 0 Å². The van der Waals surface area contributed by atoms with Crippen LogP contribution in [-0.4, -0.2) is 10.7 Å². The largest absolute Gasteiger partial charge is 0.260 e. The van der Waals surface area contributed by atoms with Gasteiger partial charge in [-0.25, -0.2) is 0 Å². The maximum atomic E-state index is 4.43. The third kappa shape index (κ3) is 9.95. The second kappa shape index (κ2) is 13.2. The van der Waals surface area contributed by atoms with Gasteiger partial charge in [0.15, 0.2) is 0 Å². The lowest BCUT2D eigenvalue weighted by Crippen LogP contribution is -1.93. The molecule has 0 radical (unpaired) electrons. The molecule has 0 saturated heterocycles. The highest BCUT2D eigenvalue weighted by Gasteiger charge is 2.05. The number of nitrogens with zero attached hydrogens (tertiary/aromatic N) is 1. The summed E-state index contributed by atoms with van der Waals surface area (Å²) >= 11 is 2.04. The van der Waals surface area contributed by atoms with Gasteiger partial charge in [0.25, 0.3) is 0 Å². The number of unbranched alkanes of at least 4 members (excludes halogenated alkanes) is 9. The highest BCUT2D eigenvalue weighted by molar-refractivity contribution is 7.99. The fraction of sp³-hybridized carbons (Fsp3) is 0.737. The van der Waals surface area contributed by atoms with Crippen LogP contribution in [0, 0.1) is 0 Å². The zero-order chi connectivity index (χ0) is 15.2. The summed E-state index contributed by atoms with van der Waals surface area (Å²) in [5, 5.41) is 0.532. The number of pyridine rings is 1. The first-order chi connectivity index (χ1) is 10.3. The summed E-state index contributed by atoms with van der Waals surface area (Å²) in [6.45, 7) is 4.55. The Morgan fingerprint density at radius 1 is 0.905 bits per heavy atom. The first-order valence-electron chi connectivity index (χ1n) is 8.87. The molecule has 0 bridgehead atoms. The molecule has 0 saturated carbocycles. The van der Waals surface area contributed by atoms with Gasteiger partial charge in [0.05, 0.1) is 5.69 Å². The van der Waals surface area contributed by atoms with Gasteiger partial charge >= 0.3 is 0 Å². The number of thioether (sulfide) groups is 1. The van der Waals surface area contributed by atoms with Crippen LogP contribution in [-0.2, 0) is 0 Å². The number of hydrogen-bond donors (Lipinski definition) is 0. The van der Waals surface area contributed by atoms with Crippen LogP contribution in [0.1, 0.15) is 89.0 Å². The molecule has 1 aromatic rings. The van der Waals surface area contributed by atoms with Crippen molar-refractivity contribution in [2.24, 2.45) is 0 Å². The minimum Gasteiger partial charge on any atom is -0.260 e. The summed E-state index contributed by atoms with van der Waals surface area (Å²) in [4.78, 5) is 4.43. The fourth-order valence-electron chi connectivity index (χ4n) is 2.55. The second-order valence-electron chi connectivity index (χ2n) is 5.95. The lowest BCUT2D eigenvalue weighted by molar-refractivity contribution is 0.563. The van der Waals surface area contributed by atoms with E-state index in [9.17, 15) is 0 Å². The second-order valence-corrected chi connectivity index (χ2v) is 7.40. The molecule has 0 aliphatic rings. The fourth-order valence-corrected chi connectivity index (χ4v) is 3.59.